The molecular weight excluding hydrogens is 331 g/mol. The topological polar surface area (TPSA) is 59.2 Å². The van der Waals surface area contributed by atoms with Crippen LogP contribution in [-0.2, 0) is 0 Å². The Kier molecular flexibility index (Phi) is 3.46. The maximum Gasteiger partial charge on any atom is 0.249 e. The Labute approximate surface area is 142 Å². The summed E-state index contributed by atoms with van der Waals surface area (Å²) >= 11 is 0. The van der Waals surface area contributed by atoms with Gasteiger partial charge in [-0.25, -0.2) is 8.78 Å². The van der Waals surface area contributed by atoms with E-state index < -0.39 is 36.9 Å². The summed E-state index contributed by atoms with van der Waals surface area (Å²) in [5.74, 6) is -0.652. The summed E-state index contributed by atoms with van der Waals surface area (Å²) < 4.78 is 41.6. The molecule has 0 spiro atoms. The molecule has 1 aromatic carbocycles. The summed E-state index contributed by atoms with van der Waals surface area (Å²) in [4.78, 5) is 17.5. The van der Waals surface area contributed by atoms with Gasteiger partial charge in [0.05, 0.1) is 17.8 Å². The van der Waals surface area contributed by atoms with Crippen LogP contribution in [-0.4, -0.2) is 43.0 Å². The number of pyridine rings is 1. The molecule has 2 fully saturated rings. The summed E-state index contributed by atoms with van der Waals surface area (Å²) in [5.41, 5.74) is 4.38. The molecule has 2 aromatic rings. The molecule has 1 amide bonds. The molecule has 7 heteroatoms. The van der Waals surface area contributed by atoms with Crippen LogP contribution in [0.1, 0.15) is 16.8 Å². The third-order valence-electron chi connectivity index (χ3n) is 6.06. The molecule has 0 unspecified atom stereocenters. The molecule has 132 valence electrons. The molecule has 2 aliphatic rings. The van der Waals surface area contributed by atoms with Gasteiger partial charge in [0.15, 0.2) is 0 Å². The average Bonchev–Trinajstić information content (AvgIpc) is 3.29. The van der Waals surface area contributed by atoms with Crippen molar-refractivity contribution in [3.8, 4) is 0 Å². The molecule has 4 rings (SSSR count). The highest BCUT2D eigenvalue weighted by Gasteiger charge is 2.74. The normalized spacial score (nSPS) is 26.7. The summed E-state index contributed by atoms with van der Waals surface area (Å²) in [5, 5.41) is 0.522. The van der Waals surface area contributed by atoms with Gasteiger partial charge in [-0.2, -0.15) is 0 Å². The van der Waals surface area contributed by atoms with Crippen LogP contribution in [0.4, 0.5) is 18.9 Å². The minimum Gasteiger partial charge on any atom is -0.366 e. The van der Waals surface area contributed by atoms with Crippen molar-refractivity contribution in [3.63, 3.8) is 0 Å². The largest absolute Gasteiger partial charge is 0.366 e. The van der Waals surface area contributed by atoms with Crippen molar-refractivity contribution in [3.05, 3.63) is 36.0 Å². The van der Waals surface area contributed by atoms with Crippen molar-refractivity contribution < 1.29 is 18.0 Å². The molecule has 25 heavy (non-hydrogen) atoms. The van der Waals surface area contributed by atoms with Crippen LogP contribution in [0.15, 0.2) is 30.5 Å². The van der Waals surface area contributed by atoms with Crippen LogP contribution in [0.3, 0.4) is 0 Å². The average molecular weight is 349 g/mol. The number of hydrogen-bond donors (Lipinski definition) is 1. The van der Waals surface area contributed by atoms with Crippen molar-refractivity contribution in [1.29, 1.82) is 0 Å². The molecule has 0 bridgehead atoms. The summed E-state index contributed by atoms with van der Waals surface area (Å²) in [6.45, 7) is -2.26. The van der Waals surface area contributed by atoms with E-state index >= 15 is 0 Å². The Morgan fingerprint density at radius 2 is 2.00 bits per heavy atom. The lowest BCUT2D eigenvalue weighted by atomic mass is 9.83. The number of benzene rings is 1. The predicted molar refractivity (Wildman–Crippen MR) is 88.8 cm³/mol. The Hall–Kier alpha value is -2.31. The van der Waals surface area contributed by atoms with Gasteiger partial charge in [0.1, 0.15) is 18.9 Å². The third kappa shape index (κ3) is 1.95. The lowest BCUT2D eigenvalue weighted by Crippen LogP contribution is -2.56. The maximum absolute atomic E-state index is 14.0. The smallest absolute Gasteiger partial charge is 0.249 e. The number of nitrogens with zero attached hydrogens (tertiary/aromatic N) is 2. The van der Waals surface area contributed by atoms with Crippen molar-refractivity contribution in [2.75, 3.05) is 31.5 Å². The fourth-order valence-corrected chi connectivity index (χ4v) is 4.46. The van der Waals surface area contributed by atoms with Crippen molar-refractivity contribution in [1.82, 2.24) is 4.98 Å². The van der Waals surface area contributed by atoms with Crippen molar-refractivity contribution in [2.45, 2.75) is 12.0 Å². The molecule has 1 aliphatic heterocycles. The van der Waals surface area contributed by atoms with Crippen LogP contribution >= 0.6 is 0 Å². The van der Waals surface area contributed by atoms with Gasteiger partial charge in [-0.3, -0.25) is 14.2 Å². The zero-order valence-corrected chi connectivity index (χ0v) is 13.5. The molecule has 2 heterocycles. The van der Waals surface area contributed by atoms with Gasteiger partial charge in [0.2, 0.25) is 5.91 Å². The van der Waals surface area contributed by atoms with Gasteiger partial charge in [-0.15, -0.1) is 0 Å². The van der Waals surface area contributed by atoms with Gasteiger partial charge in [0, 0.05) is 29.2 Å². The fraction of sp³-hybridized carbons (Fsp3) is 0.444. The number of rotatable bonds is 5. The van der Waals surface area contributed by atoms with E-state index in [1.54, 1.807) is 23.1 Å². The lowest BCUT2D eigenvalue weighted by molar-refractivity contribution is 0.100. The molecule has 1 saturated heterocycles. The van der Waals surface area contributed by atoms with Crippen molar-refractivity contribution in [2.24, 2.45) is 17.1 Å². The van der Waals surface area contributed by atoms with E-state index in [1.807, 2.05) is 0 Å². The number of piperidine rings is 1. The van der Waals surface area contributed by atoms with Crippen LogP contribution < -0.4 is 10.6 Å². The number of halogens is 3. The Balaban J connectivity index is 1.85. The second kappa shape index (κ2) is 5.34. The number of primary amides is 1. The van der Waals surface area contributed by atoms with Gasteiger partial charge in [-0.05, 0) is 36.6 Å². The SMILES string of the molecule is NC(=O)c1ccnc2ccc(N3C[C@H]4C[C@]4(CF)C3(CF)CF)cc12. The van der Waals surface area contributed by atoms with Gasteiger partial charge >= 0.3 is 0 Å². The number of fused-ring (bicyclic) bond motifs is 2. The zero-order chi connectivity index (χ0) is 17.8. The molecule has 1 aliphatic carbocycles. The third-order valence-corrected chi connectivity index (χ3v) is 6.06. The number of amides is 1. The predicted octanol–water partition coefficient (Wildman–Crippen LogP) is 2.81. The van der Waals surface area contributed by atoms with E-state index in [9.17, 15) is 18.0 Å². The fourth-order valence-electron chi connectivity index (χ4n) is 4.46. The standard InChI is InChI=1S/C18H18F3N3O/c19-8-17-6-11(17)7-24(18(17,9-20)10-21)12-1-2-15-14(5-12)13(16(22)25)3-4-23-15/h1-5,11H,6-10H2,(H2,22,25)/t11-,17-/m1/s1. The quantitative estimate of drug-likeness (QED) is 0.903. The van der Waals surface area contributed by atoms with E-state index in [0.29, 0.717) is 35.1 Å². The van der Waals surface area contributed by atoms with Gasteiger partial charge in [-0.1, -0.05) is 0 Å². The number of anilines is 1. The van der Waals surface area contributed by atoms with Crippen LogP contribution in [0.5, 0.6) is 0 Å². The first-order valence-corrected chi connectivity index (χ1v) is 8.17. The van der Waals surface area contributed by atoms with E-state index in [4.69, 9.17) is 5.73 Å². The number of aromatic nitrogens is 1. The first kappa shape index (κ1) is 16.2. The number of carbonyl (C=O) groups excluding carboxylic acids is 1. The first-order valence-electron chi connectivity index (χ1n) is 8.17. The first-order chi connectivity index (χ1) is 12.0. The van der Waals surface area contributed by atoms with E-state index in [1.165, 1.54) is 12.3 Å². The van der Waals surface area contributed by atoms with Gasteiger partial charge in [0.25, 0.3) is 0 Å². The number of hydrogen-bond acceptors (Lipinski definition) is 3. The van der Waals surface area contributed by atoms with E-state index in [0.717, 1.165) is 0 Å². The molecule has 2 atom stereocenters. The monoisotopic (exact) mass is 349 g/mol. The summed E-state index contributed by atoms with van der Waals surface area (Å²) in [6, 6.07) is 6.57. The molecule has 0 radical (unpaired) electrons. The number of carbonyl (C=O) groups is 1. The number of nitrogens with two attached hydrogens (primary N) is 1. The second-order valence-electron chi connectivity index (χ2n) is 7.02. The van der Waals surface area contributed by atoms with E-state index in [-0.39, 0.29) is 5.92 Å². The minimum absolute atomic E-state index is 0.0517. The Bertz CT molecular complexity index is 851. The summed E-state index contributed by atoms with van der Waals surface area (Å²) in [6.07, 6.45) is 1.99. The second-order valence-corrected chi connectivity index (χ2v) is 7.02. The molecule has 2 N–H and O–H groups in total. The molecule has 1 aromatic heterocycles. The highest BCUT2D eigenvalue weighted by Crippen LogP contribution is 2.67. The van der Waals surface area contributed by atoms with Crippen LogP contribution in [0.25, 0.3) is 10.9 Å². The Morgan fingerprint density at radius 1 is 1.24 bits per heavy atom. The highest BCUT2D eigenvalue weighted by molar-refractivity contribution is 6.06. The highest BCUT2D eigenvalue weighted by atomic mass is 19.1. The zero-order valence-electron chi connectivity index (χ0n) is 13.5. The lowest BCUT2D eigenvalue weighted by Gasteiger charge is -2.42. The van der Waals surface area contributed by atoms with Gasteiger partial charge < -0.3 is 10.6 Å². The van der Waals surface area contributed by atoms with Crippen LogP contribution in [0, 0.1) is 11.3 Å². The molecule has 4 nitrogen and oxygen atoms in total. The maximum atomic E-state index is 14.0. The molecular formula is C18H18F3N3O. The summed E-state index contributed by atoms with van der Waals surface area (Å²) in [7, 11) is 0. The van der Waals surface area contributed by atoms with E-state index in [2.05, 4.69) is 4.98 Å². The Morgan fingerprint density at radius 3 is 2.64 bits per heavy atom. The molecule has 1 saturated carbocycles. The van der Waals surface area contributed by atoms with Crippen LogP contribution in [0.2, 0.25) is 0 Å². The van der Waals surface area contributed by atoms with Crippen molar-refractivity contribution >= 4 is 22.5 Å². The number of alkyl halides is 3. The minimum atomic E-state index is -1.49.